The lowest BCUT2D eigenvalue weighted by Gasteiger charge is -2.44. The summed E-state index contributed by atoms with van der Waals surface area (Å²) in [4.78, 5) is 0. The molecule has 0 aromatic heterocycles. The maximum atomic E-state index is 10.8. The average Bonchev–Trinajstić information content (AvgIpc) is 2.91. The molecule has 186 valence electrons. The first-order chi connectivity index (χ1) is 17.2. The number of ether oxygens (including phenoxy) is 5. The first-order valence-electron chi connectivity index (χ1n) is 11.7. The molecule has 2 N–H and O–H groups in total. The number of benzene rings is 3. The van der Waals surface area contributed by atoms with E-state index in [2.05, 4.69) is 0 Å². The fraction of sp³-hybridized carbons (Fsp3) is 0.357. The summed E-state index contributed by atoms with van der Waals surface area (Å²) in [6, 6.07) is 27.0. The van der Waals surface area contributed by atoms with Crippen molar-refractivity contribution in [2.45, 2.75) is 50.5 Å². The molecule has 7 nitrogen and oxygen atoms in total. The zero-order chi connectivity index (χ0) is 24.5. The van der Waals surface area contributed by atoms with Gasteiger partial charge in [0, 0.05) is 0 Å². The molecule has 5 atom stereocenters. The van der Waals surface area contributed by atoms with Gasteiger partial charge in [0.15, 0.2) is 6.29 Å². The van der Waals surface area contributed by atoms with E-state index >= 15 is 0 Å². The van der Waals surface area contributed by atoms with Crippen molar-refractivity contribution in [2.75, 3.05) is 13.7 Å². The highest BCUT2D eigenvalue weighted by atomic mass is 16.7. The smallest absolute Gasteiger partial charge is 0.184 e. The molecule has 0 saturated carbocycles. The van der Waals surface area contributed by atoms with Crippen molar-refractivity contribution >= 4 is 0 Å². The number of aliphatic hydroxyl groups is 2. The second-order valence-corrected chi connectivity index (χ2v) is 8.39. The van der Waals surface area contributed by atoms with E-state index in [1.54, 1.807) is 7.11 Å². The molecular formula is C28H32O7. The first kappa shape index (κ1) is 25.3. The summed E-state index contributed by atoms with van der Waals surface area (Å²) >= 11 is 0. The summed E-state index contributed by atoms with van der Waals surface area (Å²) < 4.78 is 29.6. The normalized spacial score (nSPS) is 24.3. The van der Waals surface area contributed by atoms with Crippen LogP contribution in [0.1, 0.15) is 16.7 Å². The summed E-state index contributed by atoms with van der Waals surface area (Å²) in [6.07, 6.45) is -4.23. The van der Waals surface area contributed by atoms with Gasteiger partial charge in [-0.25, -0.2) is 0 Å². The molecule has 0 bridgehead atoms. The van der Waals surface area contributed by atoms with Crippen LogP contribution < -0.4 is 4.74 Å². The predicted molar refractivity (Wildman–Crippen MR) is 130 cm³/mol. The van der Waals surface area contributed by atoms with Gasteiger partial charge in [0.2, 0.25) is 0 Å². The third-order valence-electron chi connectivity index (χ3n) is 5.96. The second-order valence-electron chi connectivity index (χ2n) is 8.39. The van der Waals surface area contributed by atoms with Crippen LogP contribution in [0, 0.1) is 0 Å². The highest BCUT2D eigenvalue weighted by Gasteiger charge is 2.47. The molecule has 0 radical (unpaired) electrons. The lowest BCUT2D eigenvalue weighted by molar-refractivity contribution is -0.315. The van der Waals surface area contributed by atoms with E-state index in [4.69, 9.17) is 23.7 Å². The summed E-state index contributed by atoms with van der Waals surface area (Å²) in [5, 5.41) is 20.8. The van der Waals surface area contributed by atoms with Crippen LogP contribution in [0.2, 0.25) is 0 Å². The van der Waals surface area contributed by atoms with Gasteiger partial charge in [-0.05, 0) is 28.8 Å². The van der Waals surface area contributed by atoms with Gasteiger partial charge in [0.25, 0.3) is 0 Å². The Kier molecular flexibility index (Phi) is 9.25. The van der Waals surface area contributed by atoms with Crippen molar-refractivity contribution in [3.8, 4) is 5.75 Å². The predicted octanol–water partition coefficient (Wildman–Crippen LogP) is 3.46. The van der Waals surface area contributed by atoms with Gasteiger partial charge in [-0.3, -0.25) is 0 Å². The minimum absolute atomic E-state index is 0.265. The number of methoxy groups -OCH3 is 1. The lowest BCUT2D eigenvalue weighted by atomic mass is 9.98. The molecule has 0 unspecified atom stereocenters. The fourth-order valence-electron chi connectivity index (χ4n) is 4.06. The molecule has 1 aliphatic rings. The van der Waals surface area contributed by atoms with E-state index in [-0.39, 0.29) is 19.8 Å². The maximum absolute atomic E-state index is 10.8. The van der Waals surface area contributed by atoms with Crippen LogP contribution in [0.15, 0.2) is 84.9 Å². The summed E-state index contributed by atoms with van der Waals surface area (Å²) in [7, 11) is 1.62. The Morgan fingerprint density at radius 3 is 1.66 bits per heavy atom. The maximum Gasteiger partial charge on any atom is 0.184 e. The van der Waals surface area contributed by atoms with Crippen LogP contribution in [0.4, 0.5) is 0 Å². The Morgan fingerprint density at radius 1 is 0.657 bits per heavy atom. The lowest BCUT2D eigenvalue weighted by Crippen LogP contribution is -2.61. The number of rotatable bonds is 11. The quantitative estimate of drug-likeness (QED) is 0.435. The van der Waals surface area contributed by atoms with Gasteiger partial charge in [-0.15, -0.1) is 0 Å². The topological polar surface area (TPSA) is 86.6 Å². The van der Waals surface area contributed by atoms with Crippen LogP contribution in [-0.4, -0.2) is 54.6 Å². The first-order valence-corrected chi connectivity index (χ1v) is 11.7. The Balaban J connectivity index is 1.52. The van der Waals surface area contributed by atoms with Gasteiger partial charge in [0.1, 0.15) is 30.2 Å². The minimum Gasteiger partial charge on any atom is -0.497 e. The van der Waals surface area contributed by atoms with Gasteiger partial charge in [0.05, 0.1) is 33.5 Å². The fourth-order valence-corrected chi connectivity index (χ4v) is 4.06. The van der Waals surface area contributed by atoms with Gasteiger partial charge < -0.3 is 33.9 Å². The Hall–Kier alpha value is -2.78. The standard InChI is InChI=1S/C28H32O7/c1-31-23-14-12-22(13-15-23)19-32-25-24(16-29)35-28(30)27(34-18-21-10-6-3-7-11-21)26(25)33-17-20-8-4-2-5-9-20/h2-15,24-30H,16-19H2,1H3/t24-,25-,26+,27-,28+/m1/s1. The summed E-state index contributed by atoms with van der Waals surface area (Å²) in [5.74, 6) is 0.754. The SMILES string of the molecule is COc1ccc(CO[C@H]2[C@H](OCc3ccccc3)[C@@H](OCc3ccccc3)[C@@H](O)O[C@@H]2CO)cc1. The summed E-state index contributed by atoms with van der Waals surface area (Å²) in [5.41, 5.74) is 2.86. The summed E-state index contributed by atoms with van der Waals surface area (Å²) in [6.45, 7) is 0.498. The van der Waals surface area contributed by atoms with Crippen LogP contribution in [-0.2, 0) is 38.8 Å². The van der Waals surface area contributed by atoms with Crippen LogP contribution >= 0.6 is 0 Å². The molecule has 7 heteroatoms. The van der Waals surface area contributed by atoms with E-state index in [9.17, 15) is 10.2 Å². The third kappa shape index (κ3) is 6.89. The molecule has 4 rings (SSSR count). The Morgan fingerprint density at radius 2 is 1.14 bits per heavy atom. The number of hydrogen-bond acceptors (Lipinski definition) is 7. The van der Waals surface area contributed by atoms with E-state index < -0.39 is 30.7 Å². The van der Waals surface area contributed by atoms with Crippen molar-refractivity contribution < 1.29 is 33.9 Å². The van der Waals surface area contributed by atoms with Crippen molar-refractivity contribution in [3.05, 3.63) is 102 Å². The van der Waals surface area contributed by atoms with Gasteiger partial charge in [-0.2, -0.15) is 0 Å². The van der Waals surface area contributed by atoms with Crippen LogP contribution in [0.5, 0.6) is 5.75 Å². The van der Waals surface area contributed by atoms with E-state index in [0.717, 1.165) is 22.4 Å². The highest BCUT2D eigenvalue weighted by molar-refractivity contribution is 5.26. The Bertz CT molecular complexity index is 997. The molecule has 0 amide bonds. The zero-order valence-corrected chi connectivity index (χ0v) is 19.7. The zero-order valence-electron chi connectivity index (χ0n) is 19.7. The van der Waals surface area contributed by atoms with E-state index in [1.807, 2.05) is 84.9 Å². The monoisotopic (exact) mass is 480 g/mol. The molecule has 1 fully saturated rings. The van der Waals surface area contributed by atoms with Crippen molar-refractivity contribution in [1.29, 1.82) is 0 Å². The van der Waals surface area contributed by atoms with Crippen molar-refractivity contribution in [2.24, 2.45) is 0 Å². The van der Waals surface area contributed by atoms with Crippen molar-refractivity contribution in [1.82, 2.24) is 0 Å². The number of hydrogen-bond donors (Lipinski definition) is 2. The number of aliphatic hydroxyl groups excluding tert-OH is 2. The van der Waals surface area contributed by atoms with Crippen LogP contribution in [0.3, 0.4) is 0 Å². The molecule has 1 aliphatic heterocycles. The van der Waals surface area contributed by atoms with Gasteiger partial charge >= 0.3 is 0 Å². The average molecular weight is 481 g/mol. The second kappa shape index (κ2) is 12.8. The highest BCUT2D eigenvalue weighted by Crippen LogP contribution is 2.29. The molecular weight excluding hydrogens is 448 g/mol. The molecule has 1 heterocycles. The molecule has 1 saturated heterocycles. The molecule has 3 aromatic rings. The molecule has 3 aromatic carbocycles. The Labute approximate surface area is 205 Å². The van der Waals surface area contributed by atoms with Crippen LogP contribution in [0.25, 0.3) is 0 Å². The van der Waals surface area contributed by atoms with E-state index in [1.165, 1.54) is 0 Å². The van der Waals surface area contributed by atoms with Gasteiger partial charge in [-0.1, -0.05) is 72.8 Å². The molecule has 0 aliphatic carbocycles. The molecule has 35 heavy (non-hydrogen) atoms. The van der Waals surface area contributed by atoms with Crippen molar-refractivity contribution in [3.63, 3.8) is 0 Å². The van der Waals surface area contributed by atoms with E-state index in [0.29, 0.717) is 6.61 Å². The largest absolute Gasteiger partial charge is 0.497 e. The third-order valence-corrected chi connectivity index (χ3v) is 5.96. The molecule has 0 spiro atoms. The minimum atomic E-state index is -1.28.